The van der Waals surface area contributed by atoms with Gasteiger partial charge in [0.1, 0.15) is 0 Å². The third-order valence-corrected chi connectivity index (χ3v) is 4.12. The average molecular weight is 220 g/mol. The predicted octanol–water partition coefficient (Wildman–Crippen LogP) is 2.63. The van der Waals surface area contributed by atoms with Crippen molar-refractivity contribution >= 4 is 11.3 Å². The zero-order valence-electron chi connectivity index (χ0n) is 9.05. The number of hydrogen-bond acceptors (Lipinski definition) is 3. The molecule has 1 unspecified atom stereocenters. The van der Waals surface area contributed by atoms with Crippen LogP contribution < -0.4 is 5.32 Å². The molecule has 0 aliphatic heterocycles. The molecule has 1 aromatic heterocycles. The summed E-state index contributed by atoms with van der Waals surface area (Å²) in [6, 6.07) is 4.58. The Morgan fingerprint density at radius 2 is 2.47 bits per heavy atom. The molecule has 0 amide bonds. The molecular formula is C12H16N2S. The van der Waals surface area contributed by atoms with Gasteiger partial charge >= 0.3 is 0 Å². The van der Waals surface area contributed by atoms with Gasteiger partial charge in [-0.1, -0.05) is 6.92 Å². The number of nitriles is 1. The van der Waals surface area contributed by atoms with E-state index in [2.05, 4.69) is 17.5 Å². The fourth-order valence-corrected chi connectivity index (χ4v) is 3.19. The van der Waals surface area contributed by atoms with Crippen LogP contribution in [0.15, 0.2) is 6.07 Å². The summed E-state index contributed by atoms with van der Waals surface area (Å²) in [6.07, 6.45) is 4.71. The van der Waals surface area contributed by atoms with Crippen LogP contribution in [0.2, 0.25) is 0 Å². The Hall–Kier alpha value is -0.850. The third-order valence-electron chi connectivity index (χ3n) is 2.88. The van der Waals surface area contributed by atoms with E-state index in [4.69, 9.17) is 5.26 Å². The lowest BCUT2D eigenvalue weighted by Crippen LogP contribution is -2.25. The molecule has 1 aromatic rings. The minimum Gasteiger partial charge on any atom is -0.297 e. The lowest BCUT2D eigenvalue weighted by Gasteiger charge is -2.06. The van der Waals surface area contributed by atoms with Crippen molar-refractivity contribution in [2.45, 2.75) is 45.2 Å². The van der Waals surface area contributed by atoms with Gasteiger partial charge in [-0.2, -0.15) is 5.26 Å². The van der Waals surface area contributed by atoms with Crippen LogP contribution in [0, 0.1) is 11.3 Å². The maximum Gasteiger partial charge on any atom is 0.0953 e. The van der Waals surface area contributed by atoms with Crippen LogP contribution in [-0.2, 0) is 19.4 Å². The first kappa shape index (κ1) is 10.7. The summed E-state index contributed by atoms with van der Waals surface area (Å²) < 4.78 is 0. The van der Waals surface area contributed by atoms with Crippen molar-refractivity contribution in [3.05, 3.63) is 21.4 Å². The van der Waals surface area contributed by atoms with Crippen molar-refractivity contribution in [3.63, 3.8) is 0 Å². The zero-order chi connectivity index (χ0) is 10.7. The highest BCUT2D eigenvalue weighted by Crippen LogP contribution is 2.30. The molecule has 3 heteroatoms. The fourth-order valence-electron chi connectivity index (χ4n) is 1.98. The molecule has 0 bridgehead atoms. The van der Waals surface area contributed by atoms with Crippen LogP contribution >= 0.6 is 11.3 Å². The van der Waals surface area contributed by atoms with Crippen LogP contribution in [0.5, 0.6) is 0 Å². The molecule has 0 spiro atoms. The maximum absolute atomic E-state index is 8.81. The Morgan fingerprint density at radius 1 is 1.60 bits per heavy atom. The van der Waals surface area contributed by atoms with Crippen LogP contribution in [0.4, 0.5) is 0 Å². The number of nitrogens with zero attached hydrogens (tertiary/aromatic N) is 1. The first-order valence-electron chi connectivity index (χ1n) is 5.57. The summed E-state index contributed by atoms with van der Waals surface area (Å²) >= 11 is 1.91. The molecule has 2 rings (SSSR count). The second kappa shape index (κ2) is 4.78. The lowest BCUT2D eigenvalue weighted by molar-refractivity contribution is 0.591. The lowest BCUT2D eigenvalue weighted by atomic mass is 10.2. The molecule has 1 heterocycles. The quantitative estimate of drug-likeness (QED) is 0.846. The van der Waals surface area contributed by atoms with Crippen molar-refractivity contribution in [3.8, 4) is 6.07 Å². The van der Waals surface area contributed by atoms with E-state index in [1.807, 2.05) is 18.3 Å². The molecule has 0 aromatic carbocycles. The van der Waals surface area contributed by atoms with E-state index >= 15 is 0 Å². The average Bonchev–Trinajstić information content (AvgIpc) is 2.79. The molecule has 0 radical (unpaired) electrons. The molecule has 0 saturated heterocycles. The monoisotopic (exact) mass is 220 g/mol. The van der Waals surface area contributed by atoms with E-state index in [-0.39, 0.29) is 6.04 Å². The van der Waals surface area contributed by atoms with Crippen LogP contribution in [-0.4, -0.2) is 6.04 Å². The Labute approximate surface area is 94.9 Å². The van der Waals surface area contributed by atoms with Crippen molar-refractivity contribution in [1.82, 2.24) is 5.32 Å². The summed E-state index contributed by atoms with van der Waals surface area (Å²) in [7, 11) is 0. The molecule has 0 saturated carbocycles. The zero-order valence-corrected chi connectivity index (χ0v) is 9.86. The van der Waals surface area contributed by atoms with Crippen molar-refractivity contribution < 1.29 is 0 Å². The van der Waals surface area contributed by atoms with E-state index in [0.29, 0.717) is 0 Å². The number of rotatable bonds is 4. The van der Waals surface area contributed by atoms with Gasteiger partial charge in [0.05, 0.1) is 12.1 Å². The van der Waals surface area contributed by atoms with E-state index in [9.17, 15) is 0 Å². The van der Waals surface area contributed by atoms with Crippen LogP contribution in [0.1, 0.15) is 35.1 Å². The van der Waals surface area contributed by atoms with Crippen molar-refractivity contribution in [2.24, 2.45) is 0 Å². The van der Waals surface area contributed by atoms with E-state index < -0.39 is 0 Å². The van der Waals surface area contributed by atoms with Crippen LogP contribution in [0.3, 0.4) is 0 Å². The van der Waals surface area contributed by atoms with Gasteiger partial charge in [-0.3, -0.25) is 5.32 Å². The maximum atomic E-state index is 8.81. The Morgan fingerprint density at radius 3 is 3.13 bits per heavy atom. The molecule has 1 aliphatic rings. The minimum atomic E-state index is 0.00180. The fraction of sp³-hybridized carbons (Fsp3) is 0.583. The molecule has 80 valence electrons. The summed E-state index contributed by atoms with van der Waals surface area (Å²) in [4.78, 5) is 2.95. The molecule has 1 N–H and O–H groups in total. The summed E-state index contributed by atoms with van der Waals surface area (Å²) in [5, 5.41) is 12.1. The number of thiophene rings is 1. The van der Waals surface area contributed by atoms with E-state index in [1.54, 1.807) is 10.4 Å². The molecule has 15 heavy (non-hydrogen) atoms. The van der Waals surface area contributed by atoms with Crippen molar-refractivity contribution in [2.75, 3.05) is 0 Å². The standard InChI is InChI=1S/C12H16N2S/c1-2-10(7-13)14-8-11-6-9-4-3-5-12(9)15-11/h6,10,14H,2-5,8H2,1H3. The van der Waals surface area contributed by atoms with Crippen molar-refractivity contribution in [1.29, 1.82) is 5.26 Å². The first-order chi connectivity index (χ1) is 7.33. The topological polar surface area (TPSA) is 35.8 Å². The normalized spacial score (nSPS) is 16.0. The second-order valence-corrected chi connectivity index (χ2v) is 5.21. The molecular weight excluding hydrogens is 204 g/mol. The van der Waals surface area contributed by atoms with Gasteiger partial charge in [-0.15, -0.1) is 11.3 Å². The van der Waals surface area contributed by atoms with E-state index in [0.717, 1.165) is 13.0 Å². The van der Waals surface area contributed by atoms with Gasteiger partial charge in [-0.05, 0) is 37.3 Å². The molecule has 1 aliphatic carbocycles. The highest BCUT2D eigenvalue weighted by Gasteiger charge is 2.14. The van der Waals surface area contributed by atoms with Gasteiger partial charge in [-0.25, -0.2) is 0 Å². The van der Waals surface area contributed by atoms with Gasteiger partial charge in [0.2, 0.25) is 0 Å². The summed E-state index contributed by atoms with van der Waals surface area (Å²) in [6.45, 7) is 2.89. The first-order valence-corrected chi connectivity index (χ1v) is 6.38. The Balaban J connectivity index is 1.92. The largest absolute Gasteiger partial charge is 0.297 e. The highest BCUT2D eigenvalue weighted by atomic mass is 32.1. The van der Waals surface area contributed by atoms with Gasteiger partial charge in [0.25, 0.3) is 0 Å². The Bertz CT molecular complexity index is 354. The van der Waals surface area contributed by atoms with Gasteiger partial charge < -0.3 is 0 Å². The number of aryl methyl sites for hydroxylation is 2. The predicted molar refractivity (Wildman–Crippen MR) is 62.9 cm³/mol. The molecule has 1 atom stereocenters. The van der Waals surface area contributed by atoms with Gasteiger partial charge in [0, 0.05) is 16.3 Å². The molecule has 0 fully saturated rings. The second-order valence-electron chi connectivity index (χ2n) is 3.99. The van der Waals surface area contributed by atoms with Crippen LogP contribution in [0.25, 0.3) is 0 Å². The number of hydrogen-bond donors (Lipinski definition) is 1. The smallest absolute Gasteiger partial charge is 0.0953 e. The number of fused-ring (bicyclic) bond motifs is 1. The number of nitrogens with one attached hydrogen (secondary N) is 1. The molecule has 2 nitrogen and oxygen atoms in total. The summed E-state index contributed by atoms with van der Waals surface area (Å²) in [5.41, 5.74) is 1.54. The van der Waals surface area contributed by atoms with Gasteiger partial charge in [0.15, 0.2) is 0 Å². The summed E-state index contributed by atoms with van der Waals surface area (Å²) in [5.74, 6) is 0. The third kappa shape index (κ3) is 2.39. The van der Waals surface area contributed by atoms with E-state index in [1.165, 1.54) is 24.1 Å². The highest BCUT2D eigenvalue weighted by molar-refractivity contribution is 7.12. The SMILES string of the molecule is CCC(C#N)NCc1cc2c(s1)CCC2. The minimum absolute atomic E-state index is 0.00180. The Kier molecular flexibility index (Phi) is 3.40.